The summed E-state index contributed by atoms with van der Waals surface area (Å²) in [5.41, 5.74) is 0.640. The fraction of sp³-hybridized carbons (Fsp3) is 0. The number of rotatable bonds is 2. The van der Waals surface area contributed by atoms with Crippen LogP contribution in [0.1, 0.15) is 5.76 Å². The second-order valence-corrected chi connectivity index (χ2v) is 2.65. The first kappa shape index (κ1) is 8.39. The van der Waals surface area contributed by atoms with Crippen LogP contribution >= 0.6 is 0 Å². The molecule has 14 heavy (non-hydrogen) atoms. The number of nitrogens with zero attached hydrogens (tertiary/aromatic N) is 1. The first-order valence-electron chi connectivity index (χ1n) is 4.06. The normalized spacial score (nSPS) is 9.64. The number of hydrogen-bond donors (Lipinski definition) is 0. The summed E-state index contributed by atoms with van der Waals surface area (Å²) in [7, 11) is 0. The van der Waals surface area contributed by atoms with Gasteiger partial charge in [0.15, 0.2) is 5.75 Å². The van der Waals surface area contributed by atoms with Crippen LogP contribution in [0.3, 0.4) is 0 Å². The molecule has 0 amide bonds. The predicted octanol–water partition coefficient (Wildman–Crippen LogP) is 2.83. The van der Waals surface area contributed by atoms with Gasteiger partial charge in [0.05, 0.1) is 11.6 Å². The Balaban J connectivity index is 2.75. The fourth-order valence-corrected chi connectivity index (χ4v) is 1.30. The SMILES string of the molecule is C=COc1c(C#N)oc2ccccc12. The van der Waals surface area contributed by atoms with Crippen molar-refractivity contribution in [2.45, 2.75) is 0 Å². The molecule has 2 aromatic rings. The van der Waals surface area contributed by atoms with Crippen LogP contribution in [-0.2, 0) is 0 Å². The van der Waals surface area contributed by atoms with Crippen molar-refractivity contribution in [2.24, 2.45) is 0 Å². The summed E-state index contributed by atoms with van der Waals surface area (Å²) in [6.45, 7) is 3.44. The Labute approximate surface area is 80.8 Å². The average Bonchev–Trinajstić information content (AvgIpc) is 2.58. The van der Waals surface area contributed by atoms with Gasteiger partial charge in [-0.05, 0) is 12.1 Å². The van der Waals surface area contributed by atoms with Crippen molar-refractivity contribution in [3.8, 4) is 11.8 Å². The zero-order valence-corrected chi connectivity index (χ0v) is 7.36. The molecule has 1 heterocycles. The van der Waals surface area contributed by atoms with E-state index in [9.17, 15) is 0 Å². The summed E-state index contributed by atoms with van der Waals surface area (Å²) >= 11 is 0. The number of benzene rings is 1. The molecule has 0 bridgehead atoms. The highest BCUT2D eigenvalue weighted by Crippen LogP contribution is 2.32. The molecule has 0 fully saturated rings. The molecule has 0 aliphatic heterocycles. The Hall–Kier alpha value is -2.21. The molecule has 1 aromatic carbocycles. The fourth-order valence-electron chi connectivity index (χ4n) is 1.30. The molecule has 1 aromatic heterocycles. The lowest BCUT2D eigenvalue weighted by atomic mass is 10.2. The van der Waals surface area contributed by atoms with Crippen LogP contribution in [-0.4, -0.2) is 0 Å². The predicted molar refractivity (Wildman–Crippen MR) is 51.8 cm³/mol. The Bertz CT molecular complexity index is 520. The number of fused-ring (bicyclic) bond motifs is 1. The van der Waals surface area contributed by atoms with Crippen molar-refractivity contribution in [3.63, 3.8) is 0 Å². The molecule has 3 nitrogen and oxygen atoms in total. The maximum Gasteiger partial charge on any atom is 0.247 e. The van der Waals surface area contributed by atoms with Crippen LogP contribution in [0.25, 0.3) is 11.0 Å². The molecule has 0 saturated heterocycles. The van der Waals surface area contributed by atoms with Gasteiger partial charge >= 0.3 is 0 Å². The Morgan fingerprint density at radius 2 is 2.21 bits per heavy atom. The molecule has 0 spiro atoms. The summed E-state index contributed by atoms with van der Waals surface area (Å²) in [5.74, 6) is 0.601. The van der Waals surface area contributed by atoms with Gasteiger partial charge in [-0.3, -0.25) is 0 Å². The molecule has 3 heteroatoms. The van der Waals surface area contributed by atoms with E-state index in [-0.39, 0.29) is 5.76 Å². The molecule has 0 atom stereocenters. The van der Waals surface area contributed by atoms with Crippen LogP contribution in [0.15, 0.2) is 41.5 Å². The van der Waals surface area contributed by atoms with Crippen molar-refractivity contribution in [1.82, 2.24) is 0 Å². The number of hydrogen-bond acceptors (Lipinski definition) is 3. The average molecular weight is 185 g/mol. The Morgan fingerprint density at radius 3 is 2.93 bits per heavy atom. The molecule has 0 radical (unpaired) electrons. The van der Waals surface area contributed by atoms with Crippen LogP contribution in [0, 0.1) is 11.3 Å². The first-order chi connectivity index (χ1) is 6.86. The minimum absolute atomic E-state index is 0.172. The van der Waals surface area contributed by atoms with Crippen LogP contribution in [0.2, 0.25) is 0 Å². The third kappa shape index (κ3) is 1.14. The van der Waals surface area contributed by atoms with Gasteiger partial charge in [-0.15, -0.1) is 0 Å². The molecule has 0 aliphatic carbocycles. The molecular weight excluding hydrogens is 178 g/mol. The summed E-state index contributed by atoms with van der Waals surface area (Å²) in [4.78, 5) is 0. The van der Waals surface area contributed by atoms with E-state index in [1.165, 1.54) is 6.26 Å². The molecule has 2 rings (SSSR count). The molecule has 0 unspecified atom stereocenters. The van der Waals surface area contributed by atoms with Gasteiger partial charge in [0, 0.05) is 0 Å². The van der Waals surface area contributed by atoms with Crippen molar-refractivity contribution < 1.29 is 9.15 Å². The Kier molecular flexibility index (Phi) is 1.96. The van der Waals surface area contributed by atoms with Gasteiger partial charge in [-0.25, -0.2) is 0 Å². The quantitative estimate of drug-likeness (QED) is 0.676. The molecule has 0 saturated carbocycles. The summed E-state index contributed by atoms with van der Waals surface area (Å²) in [5, 5.41) is 9.57. The summed E-state index contributed by atoms with van der Waals surface area (Å²) in [6, 6.07) is 9.24. The number of para-hydroxylation sites is 1. The largest absolute Gasteiger partial charge is 0.460 e. The van der Waals surface area contributed by atoms with Gasteiger partial charge < -0.3 is 9.15 Å². The highest BCUT2D eigenvalue weighted by atomic mass is 16.5. The third-order valence-corrected chi connectivity index (χ3v) is 1.85. The smallest absolute Gasteiger partial charge is 0.247 e. The van der Waals surface area contributed by atoms with Crippen LogP contribution in [0.5, 0.6) is 5.75 Å². The highest BCUT2D eigenvalue weighted by molar-refractivity contribution is 5.86. The number of nitriles is 1. The van der Waals surface area contributed by atoms with E-state index in [0.717, 1.165) is 5.39 Å². The van der Waals surface area contributed by atoms with E-state index in [2.05, 4.69) is 6.58 Å². The second kappa shape index (κ2) is 3.27. The minimum atomic E-state index is 0.172. The topological polar surface area (TPSA) is 46.2 Å². The monoisotopic (exact) mass is 185 g/mol. The zero-order chi connectivity index (χ0) is 9.97. The lowest BCUT2D eigenvalue weighted by Gasteiger charge is -1.94. The van der Waals surface area contributed by atoms with Crippen LogP contribution in [0.4, 0.5) is 0 Å². The lowest BCUT2D eigenvalue weighted by Crippen LogP contribution is -1.81. The van der Waals surface area contributed by atoms with Gasteiger partial charge in [-0.1, -0.05) is 18.7 Å². The molecular formula is C11H7NO2. The van der Waals surface area contributed by atoms with E-state index < -0.39 is 0 Å². The van der Waals surface area contributed by atoms with Crippen molar-refractivity contribution in [1.29, 1.82) is 5.26 Å². The summed E-state index contributed by atoms with van der Waals surface area (Å²) < 4.78 is 10.4. The maximum absolute atomic E-state index is 8.79. The Morgan fingerprint density at radius 1 is 1.43 bits per heavy atom. The van der Waals surface area contributed by atoms with Crippen molar-refractivity contribution >= 4 is 11.0 Å². The minimum Gasteiger partial charge on any atom is -0.460 e. The van der Waals surface area contributed by atoms with E-state index >= 15 is 0 Å². The van der Waals surface area contributed by atoms with E-state index in [1.807, 2.05) is 24.3 Å². The van der Waals surface area contributed by atoms with E-state index in [4.69, 9.17) is 14.4 Å². The maximum atomic E-state index is 8.79. The van der Waals surface area contributed by atoms with Gasteiger partial charge in [-0.2, -0.15) is 5.26 Å². The molecule has 0 aliphatic rings. The van der Waals surface area contributed by atoms with Gasteiger partial charge in [0.2, 0.25) is 5.76 Å². The standard InChI is InChI=1S/C11H7NO2/c1-2-13-11-8-5-3-4-6-9(8)14-10(11)7-12/h2-6H,1H2. The number of ether oxygens (including phenoxy) is 1. The van der Waals surface area contributed by atoms with Crippen molar-refractivity contribution in [2.75, 3.05) is 0 Å². The summed E-state index contributed by atoms with van der Waals surface area (Å²) in [6.07, 6.45) is 1.28. The second-order valence-electron chi connectivity index (χ2n) is 2.65. The highest BCUT2D eigenvalue weighted by Gasteiger charge is 2.13. The first-order valence-corrected chi connectivity index (χ1v) is 4.06. The molecule has 68 valence electrons. The van der Waals surface area contributed by atoms with Crippen molar-refractivity contribution in [3.05, 3.63) is 42.9 Å². The molecule has 0 N–H and O–H groups in total. The zero-order valence-electron chi connectivity index (χ0n) is 7.36. The van der Waals surface area contributed by atoms with E-state index in [1.54, 1.807) is 6.07 Å². The van der Waals surface area contributed by atoms with Crippen LogP contribution < -0.4 is 4.74 Å². The van der Waals surface area contributed by atoms with E-state index in [0.29, 0.717) is 11.3 Å². The third-order valence-electron chi connectivity index (χ3n) is 1.85. The lowest BCUT2D eigenvalue weighted by molar-refractivity contribution is 0.467. The van der Waals surface area contributed by atoms with Gasteiger partial charge in [0.1, 0.15) is 11.7 Å². The number of furan rings is 1. The van der Waals surface area contributed by atoms with Gasteiger partial charge in [0.25, 0.3) is 0 Å².